The lowest BCUT2D eigenvalue weighted by Gasteiger charge is -2.17. The number of carbonyl (C=O) groups excluding carboxylic acids is 1. The normalized spacial score (nSPS) is 9.68. The summed E-state index contributed by atoms with van der Waals surface area (Å²) in [4.78, 5) is 14.0. The molecule has 0 radical (unpaired) electrons. The van der Waals surface area contributed by atoms with Crippen LogP contribution in [0.4, 0.5) is 0 Å². The Morgan fingerprint density at radius 2 is 2.16 bits per heavy atom. The summed E-state index contributed by atoms with van der Waals surface area (Å²) in [5, 5.41) is 8.72. The van der Waals surface area contributed by atoms with Crippen molar-refractivity contribution in [3.05, 3.63) is 34.9 Å². The predicted octanol–water partition coefficient (Wildman–Crippen LogP) is 2.21. The van der Waals surface area contributed by atoms with Crippen LogP contribution >= 0.6 is 0 Å². The van der Waals surface area contributed by atoms with Gasteiger partial charge in [-0.25, -0.2) is 0 Å². The molecule has 3 heteroatoms. The molecule has 1 aromatic carbocycles. The van der Waals surface area contributed by atoms with E-state index in [4.69, 9.17) is 5.11 Å². The summed E-state index contributed by atoms with van der Waals surface area (Å²) in [6.07, 6.45) is 1.39. The van der Waals surface area contributed by atoms with E-state index in [0.717, 1.165) is 24.1 Å². The quantitative estimate of drug-likeness (QED) is 0.842. The minimum atomic E-state index is 0.0326. The Labute approximate surface area is 115 Å². The molecule has 0 aliphatic heterocycles. The summed E-state index contributed by atoms with van der Waals surface area (Å²) in [7, 11) is 1.81. The van der Waals surface area contributed by atoms with E-state index in [-0.39, 0.29) is 12.5 Å². The molecular weight excluding hydrogens is 238 g/mol. The molecule has 0 saturated heterocycles. The summed E-state index contributed by atoms with van der Waals surface area (Å²) < 4.78 is 0. The Hall–Kier alpha value is -1.79. The zero-order valence-electron chi connectivity index (χ0n) is 11.9. The van der Waals surface area contributed by atoms with E-state index in [1.54, 1.807) is 4.90 Å². The van der Waals surface area contributed by atoms with Crippen molar-refractivity contribution in [3.8, 4) is 11.8 Å². The molecule has 3 nitrogen and oxygen atoms in total. The van der Waals surface area contributed by atoms with Gasteiger partial charge in [-0.2, -0.15) is 0 Å². The first-order valence-corrected chi connectivity index (χ1v) is 6.56. The van der Waals surface area contributed by atoms with Crippen LogP contribution in [0, 0.1) is 18.8 Å². The Kier molecular flexibility index (Phi) is 6.11. The maximum Gasteiger partial charge on any atom is 0.253 e. The van der Waals surface area contributed by atoms with Gasteiger partial charge >= 0.3 is 0 Å². The van der Waals surface area contributed by atoms with E-state index in [0.29, 0.717) is 12.0 Å². The zero-order chi connectivity index (χ0) is 14.3. The molecule has 19 heavy (non-hydrogen) atoms. The van der Waals surface area contributed by atoms with Crippen molar-refractivity contribution < 1.29 is 9.90 Å². The topological polar surface area (TPSA) is 40.5 Å². The van der Waals surface area contributed by atoms with Crippen LogP contribution in [0.25, 0.3) is 0 Å². The van der Waals surface area contributed by atoms with Crippen LogP contribution in [0.15, 0.2) is 18.2 Å². The fourth-order valence-corrected chi connectivity index (χ4v) is 1.86. The number of benzene rings is 1. The van der Waals surface area contributed by atoms with E-state index in [1.165, 1.54) is 0 Å². The lowest BCUT2D eigenvalue weighted by atomic mass is 10.0. The zero-order valence-corrected chi connectivity index (χ0v) is 11.9. The first-order chi connectivity index (χ1) is 9.11. The van der Waals surface area contributed by atoms with Crippen molar-refractivity contribution in [1.82, 2.24) is 4.90 Å². The lowest BCUT2D eigenvalue weighted by molar-refractivity contribution is 0.0794. The monoisotopic (exact) mass is 259 g/mol. The minimum absolute atomic E-state index is 0.0326. The van der Waals surface area contributed by atoms with Crippen LogP contribution in [-0.4, -0.2) is 36.1 Å². The minimum Gasteiger partial charge on any atom is -0.395 e. The Balaban J connectivity index is 3.01. The van der Waals surface area contributed by atoms with Crippen LogP contribution < -0.4 is 0 Å². The lowest BCUT2D eigenvalue weighted by Crippen LogP contribution is -2.28. The second kappa shape index (κ2) is 7.60. The van der Waals surface area contributed by atoms with Gasteiger partial charge in [-0.3, -0.25) is 4.79 Å². The average molecular weight is 259 g/mol. The van der Waals surface area contributed by atoms with Gasteiger partial charge in [0.2, 0.25) is 0 Å². The van der Waals surface area contributed by atoms with Crippen LogP contribution in [0.1, 0.15) is 41.3 Å². The van der Waals surface area contributed by atoms with Gasteiger partial charge in [0.1, 0.15) is 0 Å². The van der Waals surface area contributed by atoms with Crippen molar-refractivity contribution in [3.63, 3.8) is 0 Å². The third kappa shape index (κ3) is 4.11. The second-order valence-electron chi connectivity index (χ2n) is 4.48. The molecule has 0 heterocycles. The highest BCUT2D eigenvalue weighted by atomic mass is 16.2. The van der Waals surface area contributed by atoms with E-state index >= 15 is 0 Å². The van der Waals surface area contributed by atoms with Crippen molar-refractivity contribution in [1.29, 1.82) is 0 Å². The van der Waals surface area contributed by atoms with Crippen molar-refractivity contribution >= 4 is 5.91 Å². The van der Waals surface area contributed by atoms with Gasteiger partial charge in [-0.15, -0.1) is 0 Å². The Bertz CT molecular complexity index is 497. The van der Waals surface area contributed by atoms with Gasteiger partial charge in [0.15, 0.2) is 0 Å². The molecule has 0 bridgehead atoms. The van der Waals surface area contributed by atoms with Gasteiger partial charge < -0.3 is 10.0 Å². The van der Waals surface area contributed by atoms with E-state index in [9.17, 15) is 4.79 Å². The smallest absolute Gasteiger partial charge is 0.253 e. The Morgan fingerprint density at radius 3 is 2.79 bits per heavy atom. The van der Waals surface area contributed by atoms with Crippen LogP contribution in [0.2, 0.25) is 0 Å². The van der Waals surface area contributed by atoms with Gasteiger partial charge in [0.05, 0.1) is 6.61 Å². The molecule has 0 aliphatic carbocycles. The van der Waals surface area contributed by atoms with Gasteiger partial charge in [0.25, 0.3) is 5.91 Å². The van der Waals surface area contributed by atoms with Crippen molar-refractivity contribution in [2.75, 3.05) is 20.2 Å². The number of aliphatic hydroxyl groups excluding tert-OH is 1. The first kappa shape index (κ1) is 15.3. The summed E-state index contributed by atoms with van der Waals surface area (Å²) >= 11 is 0. The molecule has 0 fully saturated rings. The van der Waals surface area contributed by atoms with Gasteiger partial charge in [0, 0.05) is 31.1 Å². The van der Waals surface area contributed by atoms with E-state index < -0.39 is 0 Å². The third-order valence-corrected chi connectivity index (χ3v) is 2.93. The van der Waals surface area contributed by atoms with Crippen LogP contribution in [-0.2, 0) is 0 Å². The molecule has 0 aliphatic rings. The summed E-state index contributed by atoms with van der Waals surface area (Å²) in [5.74, 6) is 5.92. The fourth-order valence-electron chi connectivity index (χ4n) is 1.86. The van der Waals surface area contributed by atoms with Crippen molar-refractivity contribution in [2.45, 2.75) is 26.7 Å². The van der Waals surface area contributed by atoms with Crippen LogP contribution in [0.3, 0.4) is 0 Å². The predicted molar refractivity (Wildman–Crippen MR) is 77.0 cm³/mol. The molecule has 1 N–H and O–H groups in total. The molecule has 0 spiro atoms. The molecule has 0 atom stereocenters. The SMILES string of the molecule is CCCN(C)C(=O)c1cccc(C#CCCO)c1C. The molecule has 0 aromatic heterocycles. The number of aliphatic hydroxyl groups is 1. The molecule has 1 rings (SSSR count). The van der Waals surface area contributed by atoms with Gasteiger partial charge in [-0.1, -0.05) is 24.8 Å². The molecule has 0 saturated carbocycles. The van der Waals surface area contributed by atoms with Crippen molar-refractivity contribution in [2.24, 2.45) is 0 Å². The number of hydrogen-bond acceptors (Lipinski definition) is 2. The summed E-state index contributed by atoms with van der Waals surface area (Å²) in [6, 6.07) is 5.58. The molecule has 1 aromatic rings. The molecule has 0 unspecified atom stereocenters. The number of hydrogen-bond donors (Lipinski definition) is 1. The van der Waals surface area contributed by atoms with Crippen LogP contribution in [0.5, 0.6) is 0 Å². The largest absolute Gasteiger partial charge is 0.395 e. The van der Waals surface area contributed by atoms with E-state index in [1.807, 2.05) is 39.1 Å². The Morgan fingerprint density at radius 1 is 1.42 bits per heavy atom. The summed E-state index contributed by atoms with van der Waals surface area (Å²) in [6.45, 7) is 4.77. The average Bonchev–Trinajstić information content (AvgIpc) is 2.40. The highest BCUT2D eigenvalue weighted by molar-refractivity contribution is 5.96. The number of rotatable bonds is 4. The maximum absolute atomic E-state index is 12.3. The molecule has 1 amide bonds. The van der Waals surface area contributed by atoms with Gasteiger partial charge in [-0.05, 0) is 31.0 Å². The number of carbonyl (C=O) groups is 1. The molecular formula is C16H21NO2. The second-order valence-corrected chi connectivity index (χ2v) is 4.48. The third-order valence-electron chi connectivity index (χ3n) is 2.93. The highest BCUT2D eigenvalue weighted by Crippen LogP contribution is 2.15. The fraction of sp³-hybridized carbons (Fsp3) is 0.438. The van der Waals surface area contributed by atoms with E-state index in [2.05, 4.69) is 11.8 Å². The molecule has 102 valence electrons. The maximum atomic E-state index is 12.3. The number of amides is 1. The number of nitrogens with zero attached hydrogens (tertiary/aromatic N) is 1. The standard InChI is InChI=1S/C16H21NO2/c1-4-11-17(3)16(19)15-10-7-9-14(13(15)2)8-5-6-12-18/h7,9-10,18H,4,6,11-12H2,1-3H3. The first-order valence-electron chi connectivity index (χ1n) is 6.56. The summed E-state index contributed by atoms with van der Waals surface area (Å²) in [5.41, 5.74) is 2.46. The highest BCUT2D eigenvalue weighted by Gasteiger charge is 2.14.